The number of aromatic nitrogens is 1. The van der Waals surface area contributed by atoms with E-state index >= 15 is 0 Å². The van der Waals surface area contributed by atoms with E-state index in [9.17, 15) is 9.59 Å². The number of carbonyl (C=O) groups is 2. The van der Waals surface area contributed by atoms with Crippen LogP contribution in [0.4, 0.5) is 0 Å². The van der Waals surface area contributed by atoms with Crippen molar-refractivity contribution < 1.29 is 14.7 Å². The highest BCUT2D eigenvalue weighted by Gasteiger charge is 2.21. The number of rotatable bonds is 4. The van der Waals surface area contributed by atoms with E-state index in [1.807, 2.05) is 0 Å². The molecule has 1 aromatic heterocycles. The van der Waals surface area contributed by atoms with E-state index in [2.05, 4.69) is 17.2 Å². The number of carbonyl (C=O) groups excluding carboxylic acids is 1. The van der Waals surface area contributed by atoms with Crippen LogP contribution in [0.15, 0.2) is 24.4 Å². The zero-order valence-electron chi connectivity index (χ0n) is 12.1. The van der Waals surface area contributed by atoms with Gasteiger partial charge in [-0.3, -0.25) is 9.78 Å². The third kappa shape index (κ3) is 4.70. The molecule has 0 saturated heterocycles. The second-order valence-corrected chi connectivity index (χ2v) is 5.59. The van der Waals surface area contributed by atoms with Crippen LogP contribution in [0.1, 0.15) is 48.7 Å². The van der Waals surface area contributed by atoms with Crippen molar-refractivity contribution in [3.63, 3.8) is 0 Å². The molecule has 1 aliphatic rings. The van der Waals surface area contributed by atoms with Crippen LogP contribution < -0.4 is 5.32 Å². The Kier molecular flexibility index (Phi) is 5.09. The Bertz CT molecular complexity index is 537. The molecule has 112 valence electrons. The molecule has 1 aromatic rings. The molecule has 1 fully saturated rings. The number of hydrogen-bond donors (Lipinski definition) is 2. The molecule has 5 heteroatoms. The van der Waals surface area contributed by atoms with Crippen molar-refractivity contribution in [3.05, 3.63) is 35.7 Å². The number of pyridine rings is 1. The fourth-order valence-corrected chi connectivity index (χ4v) is 2.63. The minimum absolute atomic E-state index is 0.164. The van der Waals surface area contributed by atoms with Gasteiger partial charge < -0.3 is 10.4 Å². The van der Waals surface area contributed by atoms with E-state index in [-0.39, 0.29) is 11.9 Å². The molecule has 2 atom stereocenters. The first-order valence-corrected chi connectivity index (χ1v) is 7.22. The van der Waals surface area contributed by atoms with Gasteiger partial charge in [0, 0.05) is 18.3 Å². The molecule has 0 aliphatic heterocycles. The van der Waals surface area contributed by atoms with Gasteiger partial charge >= 0.3 is 5.97 Å². The van der Waals surface area contributed by atoms with Gasteiger partial charge in [-0.25, -0.2) is 4.79 Å². The van der Waals surface area contributed by atoms with E-state index in [1.54, 1.807) is 12.1 Å². The summed E-state index contributed by atoms with van der Waals surface area (Å²) in [6, 6.07) is 3.53. The second kappa shape index (κ2) is 7.02. The van der Waals surface area contributed by atoms with Crippen LogP contribution in [0.5, 0.6) is 0 Å². The van der Waals surface area contributed by atoms with Gasteiger partial charge in [-0.05, 0) is 36.5 Å². The minimum Gasteiger partial charge on any atom is -0.478 e. The highest BCUT2D eigenvalue weighted by atomic mass is 16.4. The summed E-state index contributed by atoms with van der Waals surface area (Å²) in [6.45, 7) is 2.21. The summed E-state index contributed by atoms with van der Waals surface area (Å²) in [5, 5.41) is 11.6. The molecular weight excluding hydrogens is 268 g/mol. The summed E-state index contributed by atoms with van der Waals surface area (Å²) >= 11 is 0. The molecule has 0 aromatic carbocycles. The summed E-state index contributed by atoms with van der Waals surface area (Å²) in [6.07, 6.45) is 8.41. The summed E-state index contributed by atoms with van der Waals surface area (Å²) in [4.78, 5) is 26.6. The van der Waals surface area contributed by atoms with Crippen molar-refractivity contribution in [3.8, 4) is 0 Å². The molecular formula is C16H20N2O3. The summed E-state index contributed by atoms with van der Waals surface area (Å²) < 4.78 is 0. The van der Waals surface area contributed by atoms with Crippen molar-refractivity contribution in [1.29, 1.82) is 0 Å². The molecule has 0 spiro atoms. The van der Waals surface area contributed by atoms with E-state index in [1.165, 1.54) is 18.7 Å². The Morgan fingerprint density at radius 2 is 2.19 bits per heavy atom. The quantitative estimate of drug-likeness (QED) is 0.834. The van der Waals surface area contributed by atoms with Crippen molar-refractivity contribution in [1.82, 2.24) is 10.3 Å². The zero-order chi connectivity index (χ0) is 15.2. The number of nitrogens with one attached hydrogen (secondary N) is 1. The number of nitrogens with zero attached hydrogens (tertiary/aromatic N) is 1. The normalized spacial score (nSPS) is 22.1. The lowest BCUT2D eigenvalue weighted by Gasteiger charge is -2.27. The average molecular weight is 288 g/mol. The first-order valence-electron chi connectivity index (χ1n) is 7.22. The summed E-state index contributed by atoms with van der Waals surface area (Å²) in [7, 11) is 0. The third-order valence-electron chi connectivity index (χ3n) is 3.71. The number of amides is 1. The van der Waals surface area contributed by atoms with Gasteiger partial charge in [0.25, 0.3) is 5.91 Å². The Labute approximate surface area is 124 Å². The highest BCUT2D eigenvalue weighted by molar-refractivity contribution is 5.92. The van der Waals surface area contributed by atoms with E-state index in [4.69, 9.17) is 5.11 Å². The van der Waals surface area contributed by atoms with E-state index < -0.39 is 5.97 Å². The van der Waals surface area contributed by atoms with Crippen LogP contribution in [-0.4, -0.2) is 28.0 Å². The molecule has 2 rings (SSSR count). The third-order valence-corrected chi connectivity index (χ3v) is 3.71. The smallest absolute Gasteiger partial charge is 0.328 e. The fraction of sp³-hybridized carbons (Fsp3) is 0.438. The number of hydrogen-bond acceptors (Lipinski definition) is 3. The van der Waals surface area contributed by atoms with Crippen LogP contribution in [0.25, 0.3) is 6.08 Å². The first-order chi connectivity index (χ1) is 10.0. The molecule has 2 N–H and O–H groups in total. The summed E-state index contributed by atoms with van der Waals surface area (Å²) in [5.74, 6) is -0.522. The van der Waals surface area contributed by atoms with Crippen molar-refractivity contribution in [2.75, 3.05) is 0 Å². The van der Waals surface area contributed by atoms with Crippen LogP contribution >= 0.6 is 0 Å². The second-order valence-electron chi connectivity index (χ2n) is 5.59. The van der Waals surface area contributed by atoms with Crippen molar-refractivity contribution in [2.24, 2.45) is 5.92 Å². The monoisotopic (exact) mass is 288 g/mol. The number of aliphatic carboxylic acids is 1. The number of carboxylic acids is 1. The van der Waals surface area contributed by atoms with Crippen LogP contribution in [0.3, 0.4) is 0 Å². The predicted molar refractivity (Wildman–Crippen MR) is 79.8 cm³/mol. The predicted octanol–water partition coefficient (Wildman–Crippen LogP) is 2.49. The van der Waals surface area contributed by atoms with Gasteiger partial charge in [0.1, 0.15) is 5.69 Å². The molecule has 1 aliphatic carbocycles. The molecule has 21 heavy (non-hydrogen) atoms. The molecule has 1 heterocycles. The molecule has 1 saturated carbocycles. The molecule has 0 bridgehead atoms. The molecule has 1 amide bonds. The standard InChI is InChI=1S/C16H20N2O3/c1-11-3-2-4-13(9-11)18-16(21)14-7-5-12(10-17-14)6-8-15(19)20/h5-8,10-11,13H,2-4,9H2,1H3,(H,18,21)(H,19,20). The van der Waals surface area contributed by atoms with Gasteiger partial charge in [0.2, 0.25) is 0 Å². The fourth-order valence-electron chi connectivity index (χ4n) is 2.63. The Morgan fingerprint density at radius 3 is 2.81 bits per heavy atom. The molecule has 5 nitrogen and oxygen atoms in total. The maximum atomic E-state index is 12.1. The molecule has 0 radical (unpaired) electrons. The molecule has 2 unspecified atom stereocenters. The minimum atomic E-state index is -1.01. The van der Waals surface area contributed by atoms with Crippen molar-refractivity contribution >= 4 is 18.0 Å². The van der Waals surface area contributed by atoms with Gasteiger partial charge in [0.15, 0.2) is 0 Å². The topological polar surface area (TPSA) is 79.3 Å². The first kappa shape index (κ1) is 15.2. The van der Waals surface area contributed by atoms with E-state index in [0.717, 1.165) is 25.3 Å². The summed E-state index contributed by atoms with van der Waals surface area (Å²) in [5.41, 5.74) is 1.01. The van der Waals surface area contributed by atoms with Gasteiger partial charge in [-0.1, -0.05) is 25.8 Å². The maximum Gasteiger partial charge on any atom is 0.328 e. The number of carboxylic acid groups (broad SMARTS) is 1. The van der Waals surface area contributed by atoms with Crippen LogP contribution in [-0.2, 0) is 4.79 Å². The zero-order valence-corrected chi connectivity index (χ0v) is 12.1. The highest BCUT2D eigenvalue weighted by Crippen LogP contribution is 2.23. The van der Waals surface area contributed by atoms with E-state index in [0.29, 0.717) is 17.2 Å². The SMILES string of the molecule is CC1CCCC(NC(=O)c2ccc(C=CC(=O)O)cn2)C1. The Balaban J connectivity index is 1.95. The van der Waals surface area contributed by atoms with Gasteiger partial charge in [0.05, 0.1) is 0 Å². The van der Waals surface area contributed by atoms with Gasteiger partial charge in [-0.15, -0.1) is 0 Å². The average Bonchev–Trinajstić information content (AvgIpc) is 2.45. The lowest BCUT2D eigenvalue weighted by Crippen LogP contribution is -2.38. The Hall–Kier alpha value is -2.17. The lowest BCUT2D eigenvalue weighted by atomic mass is 9.87. The van der Waals surface area contributed by atoms with Crippen LogP contribution in [0, 0.1) is 5.92 Å². The van der Waals surface area contributed by atoms with Crippen LogP contribution in [0.2, 0.25) is 0 Å². The maximum absolute atomic E-state index is 12.1. The largest absolute Gasteiger partial charge is 0.478 e. The van der Waals surface area contributed by atoms with Gasteiger partial charge in [-0.2, -0.15) is 0 Å². The Morgan fingerprint density at radius 1 is 1.38 bits per heavy atom. The van der Waals surface area contributed by atoms with Crippen molar-refractivity contribution in [2.45, 2.75) is 38.6 Å². The lowest BCUT2D eigenvalue weighted by molar-refractivity contribution is -0.131.